The summed E-state index contributed by atoms with van der Waals surface area (Å²) in [7, 11) is 0. The maximum Gasteiger partial charge on any atom is 0.307 e. The third kappa shape index (κ3) is 13.3. The van der Waals surface area contributed by atoms with Gasteiger partial charge in [-0.05, 0) is 143 Å². The number of nitrogens with zero attached hydrogens (tertiary/aromatic N) is 16. The molecule has 20 nitrogen and oxygen atoms in total. The average molecular weight is 1800 g/mol. The highest BCUT2D eigenvalue weighted by molar-refractivity contribution is 6.14. The van der Waals surface area contributed by atoms with Crippen molar-refractivity contribution in [3.05, 3.63) is 425 Å². The van der Waals surface area contributed by atoms with Crippen LogP contribution in [0, 0.1) is 11.9 Å². The van der Waals surface area contributed by atoms with Crippen LogP contribution in [0.5, 0.6) is 0 Å². The Labute approximate surface area is 785 Å². The molecular weight excluding hydrogens is 1730 g/mol. The van der Waals surface area contributed by atoms with Crippen molar-refractivity contribution in [3.63, 3.8) is 0 Å². The van der Waals surface area contributed by atoms with Crippen LogP contribution in [0.4, 0.5) is 8.78 Å². The predicted octanol–water partition coefficient (Wildman–Crippen LogP) is 28.9. The summed E-state index contributed by atoms with van der Waals surface area (Å²) < 4.78 is 62.2. The number of pyridine rings is 6. The molecule has 0 saturated heterocycles. The van der Waals surface area contributed by atoms with Gasteiger partial charge in [-0.3, -0.25) is 27.2 Å². The highest BCUT2D eigenvalue weighted by Gasteiger charge is 2.28. The number of hydrogen-bond donors (Lipinski definition) is 0. The van der Waals surface area contributed by atoms with Crippen LogP contribution in [0.2, 0.25) is 0 Å². The summed E-state index contributed by atoms with van der Waals surface area (Å²) in [5.74, 6) is 1.42. The number of aromatic nitrogens is 16. The minimum absolute atomic E-state index is 0.233. The summed E-state index contributed by atoms with van der Waals surface area (Å²) in [5, 5.41) is 3.97. The van der Waals surface area contributed by atoms with Crippen molar-refractivity contribution >= 4 is 167 Å². The summed E-state index contributed by atoms with van der Waals surface area (Å²) in [6.45, 7) is 0. The van der Waals surface area contributed by atoms with Gasteiger partial charge in [-0.2, -0.15) is 33.7 Å². The van der Waals surface area contributed by atoms with Gasteiger partial charge in [0.1, 0.15) is 50.0 Å². The third-order valence-corrected chi connectivity index (χ3v) is 25.8. The van der Waals surface area contributed by atoms with Gasteiger partial charge in [-0.1, -0.05) is 285 Å². The molecule has 0 saturated carbocycles. The SMILES string of the molecule is Fc1ccc(-c2ccc(-c3nc4ccccc4c4nc5oc6ccccc6n5c34)cc2)c(F)n1.c1ccc(-c2ccc(-c3nc4ccccc4c4nc5oc6ccccc6n5c34)cc2)cc1.c1ccc(-n2c(-c3ccc(-c4nc5ccccc5c5nc6oc7ccccc7n6c45)cc3)nc3ccccc32)cc1.c1cncc(-c2ccc(-c3nc4ccccc4c4nc5oc6ccccc6n5c34)cc2)c1. The molecule has 139 heavy (non-hydrogen) atoms. The highest BCUT2D eigenvalue weighted by atomic mass is 19.1. The number of fused-ring (bicyclic) bond motifs is 29. The number of oxazole rings is 4. The topological polar surface area (TPSA) is 217 Å². The second-order valence-electron chi connectivity index (χ2n) is 33.9. The van der Waals surface area contributed by atoms with E-state index in [9.17, 15) is 8.78 Å². The molecular formula is C117H68F2N16O4. The Bertz CT molecular complexity index is 9840. The second-order valence-corrected chi connectivity index (χ2v) is 33.9. The number of rotatable bonds is 9. The molecule has 0 unspecified atom stereocenters. The van der Waals surface area contributed by atoms with Gasteiger partial charge in [0.25, 0.3) is 0 Å². The van der Waals surface area contributed by atoms with Crippen LogP contribution in [0.3, 0.4) is 0 Å². The lowest BCUT2D eigenvalue weighted by Crippen LogP contribution is -1.97. The molecule has 0 fully saturated rings. The summed E-state index contributed by atoms with van der Waals surface area (Å²) in [5.41, 5.74) is 34.5. The largest absolute Gasteiger partial charge is 0.423 e. The molecule has 0 atom stereocenters. The average Bonchev–Trinajstić information content (AvgIpc) is 1.57. The van der Waals surface area contributed by atoms with Gasteiger partial charge in [0.15, 0.2) is 22.3 Å². The molecule has 0 aliphatic heterocycles. The van der Waals surface area contributed by atoms with Crippen LogP contribution < -0.4 is 0 Å². The fourth-order valence-corrected chi connectivity index (χ4v) is 19.4. The van der Waals surface area contributed by atoms with Crippen LogP contribution in [-0.2, 0) is 0 Å². The maximum atomic E-state index is 14.2. The van der Waals surface area contributed by atoms with Gasteiger partial charge in [0.05, 0.1) is 77.9 Å². The second kappa shape index (κ2) is 32.3. The van der Waals surface area contributed by atoms with E-state index in [0.29, 0.717) is 28.9 Å². The summed E-state index contributed by atoms with van der Waals surface area (Å²) in [4.78, 5) is 52.4. The van der Waals surface area contributed by atoms with Crippen molar-refractivity contribution in [2.24, 2.45) is 0 Å². The number of halogens is 2. The van der Waals surface area contributed by atoms with Crippen molar-refractivity contribution in [2.75, 3.05) is 0 Å². The van der Waals surface area contributed by atoms with Gasteiger partial charge in [-0.25, -0.2) is 24.9 Å². The van der Waals surface area contributed by atoms with E-state index in [-0.39, 0.29) is 5.56 Å². The summed E-state index contributed by atoms with van der Waals surface area (Å²) in [6, 6.07) is 132. The number of hydrogen-bond acceptors (Lipinski definition) is 15. The van der Waals surface area contributed by atoms with Gasteiger partial charge in [0, 0.05) is 73.0 Å². The van der Waals surface area contributed by atoms with Crippen molar-refractivity contribution < 1.29 is 26.4 Å². The quantitative estimate of drug-likeness (QED) is 0.123. The van der Waals surface area contributed by atoms with Gasteiger partial charge >= 0.3 is 23.4 Å². The molecule has 0 amide bonds. The zero-order valence-electron chi connectivity index (χ0n) is 73.3. The molecule has 15 aromatic carbocycles. The molecule has 22 heteroatoms. The Hall–Kier alpha value is -19.4. The molecule has 0 bridgehead atoms. The zero-order valence-corrected chi connectivity index (χ0v) is 73.3. The zero-order chi connectivity index (χ0) is 91.9. The Morgan fingerprint density at radius 1 is 0.216 bits per heavy atom. The Kier molecular flexibility index (Phi) is 18.4. The molecule has 0 aliphatic rings. The van der Waals surface area contributed by atoms with Gasteiger partial charge in [0.2, 0.25) is 11.9 Å². The molecule has 0 radical (unpaired) electrons. The first kappa shape index (κ1) is 79.4. The standard InChI is InChI=1S/C35H21N5O.C28H17N3O.C27H14F2N4O.C27H16N4O/c1-2-10-24(11-3-1)39-28-15-7-6-14-27(28)37-34(39)23-20-18-22(19-21-23)31-33-32(25-12-4-5-13-26(25)36-31)38-35-40(33)29-16-8-9-17-30(29)41-35;1-2-8-18(9-3-1)19-14-16-20(17-15-19)25-27-26(21-10-4-5-11-22(21)29-25)30-28-31(27)23-12-6-7-13-24(23)32-28;28-22-14-13-17(26(29)31-22)15-9-11-16(12-10-15)23-25-24(18-5-1-2-6-19(18)30-23)32-27-33(25)20-7-3-4-8-21(20)34-27;1-2-8-21-20(7-1)25-26(31-22-9-3-4-10-23(22)32-27(31)30-25)24(29-21)18-13-11-17(12-14-18)19-6-5-15-28-16-19/h1-21H;1-17H;1-14H;1-16H. The van der Waals surface area contributed by atoms with E-state index in [1.54, 1.807) is 18.3 Å². The number of imidazole rings is 5. The van der Waals surface area contributed by atoms with E-state index in [2.05, 4.69) is 210 Å². The monoisotopic (exact) mass is 1800 g/mol. The maximum absolute atomic E-state index is 14.2. The minimum Gasteiger partial charge on any atom is -0.423 e. The molecule has 0 aliphatic carbocycles. The smallest absolute Gasteiger partial charge is 0.307 e. The van der Waals surface area contributed by atoms with Gasteiger partial charge in [-0.15, -0.1) is 0 Å². The van der Waals surface area contributed by atoms with Crippen LogP contribution in [0.1, 0.15) is 0 Å². The van der Waals surface area contributed by atoms with E-state index < -0.39 is 11.9 Å². The van der Waals surface area contributed by atoms with E-state index in [4.69, 9.17) is 62.5 Å². The van der Waals surface area contributed by atoms with Crippen molar-refractivity contribution in [3.8, 4) is 95.5 Å². The summed E-state index contributed by atoms with van der Waals surface area (Å²) in [6.07, 6.45) is 3.66. The molecule has 30 rings (SSSR count). The lowest BCUT2D eigenvalue weighted by atomic mass is 10.0. The van der Waals surface area contributed by atoms with Crippen LogP contribution in [-0.4, -0.2) is 77.0 Å². The number of para-hydroxylation sites is 15. The van der Waals surface area contributed by atoms with Crippen LogP contribution in [0.25, 0.3) is 262 Å². The molecule has 30 aromatic rings. The normalized spacial score (nSPS) is 11.8. The molecule has 654 valence electrons. The lowest BCUT2D eigenvalue weighted by molar-refractivity contribution is 0.515. The molecule has 0 spiro atoms. The van der Waals surface area contributed by atoms with E-state index >= 15 is 0 Å². The van der Waals surface area contributed by atoms with Crippen molar-refractivity contribution in [1.29, 1.82) is 0 Å². The first-order chi connectivity index (χ1) is 68.7. The van der Waals surface area contributed by atoms with Crippen LogP contribution in [0.15, 0.2) is 430 Å². The molecule has 15 heterocycles. The Morgan fingerprint density at radius 2 is 0.518 bits per heavy atom. The van der Waals surface area contributed by atoms with Crippen molar-refractivity contribution in [1.82, 2.24) is 77.0 Å². The lowest BCUT2D eigenvalue weighted by Gasteiger charge is -2.11. The predicted molar refractivity (Wildman–Crippen MR) is 545 cm³/mol. The highest BCUT2D eigenvalue weighted by Crippen LogP contribution is 2.44. The number of benzene rings is 15. The first-order valence-corrected chi connectivity index (χ1v) is 45.3. The molecule has 0 N–H and O–H groups in total. The third-order valence-electron chi connectivity index (χ3n) is 25.8. The molecule has 15 aromatic heterocycles. The van der Waals surface area contributed by atoms with Crippen LogP contribution >= 0.6 is 0 Å². The van der Waals surface area contributed by atoms with E-state index in [1.807, 2.05) is 205 Å². The Balaban J connectivity index is 0.0000000938. The first-order valence-electron chi connectivity index (χ1n) is 45.3. The fraction of sp³-hybridized carbons (Fsp3) is 0. The van der Waals surface area contributed by atoms with E-state index in [1.165, 1.54) is 17.2 Å². The Morgan fingerprint density at radius 3 is 0.892 bits per heavy atom. The minimum atomic E-state index is -0.849. The van der Waals surface area contributed by atoms with Gasteiger partial charge < -0.3 is 17.7 Å². The van der Waals surface area contributed by atoms with Crippen molar-refractivity contribution in [2.45, 2.75) is 0 Å². The summed E-state index contributed by atoms with van der Waals surface area (Å²) >= 11 is 0. The fourth-order valence-electron chi connectivity index (χ4n) is 19.4. The van der Waals surface area contributed by atoms with E-state index in [0.717, 1.165) is 222 Å².